The van der Waals surface area contributed by atoms with E-state index in [0.29, 0.717) is 17.6 Å². The van der Waals surface area contributed by atoms with Gasteiger partial charge in [0.1, 0.15) is 11.6 Å². The van der Waals surface area contributed by atoms with Gasteiger partial charge in [0.25, 0.3) is 5.69 Å². The van der Waals surface area contributed by atoms with Crippen molar-refractivity contribution in [3.05, 3.63) is 22.2 Å². The molecule has 0 fully saturated rings. The van der Waals surface area contributed by atoms with E-state index in [0.717, 1.165) is 6.54 Å². The van der Waals surface area contributed by atoms with Gasteiger partial charge < -0.3 is 10.6 Å². The summed E-state index contributed by atoms with van der Waals surface area (Å²) < 4.78 is 0. The average Bonchev–Trinajstić information content (AvgIpc) is 2.25. The summed E-state index contributed by atoms with van der Waals surface area (Å²) in [7, 11) is 1.68. The fraction of sp³-hybridized carbons (Fsp3) is 0.500. The molecule has 6 nitrogen and oxygen atoms in total. The van der Waals surface area contributed by atoms with Crippen LogP contribution in [-0.2, 0) is 0 Å². The number of rotatable bonds is 5. The predicted octanol–water partition coefficient (Wildman–Crippen LogP) is 2.10. The zero-order valence-corrected chi connectivity index (χ0v) is 9.65. The van der Waals surface area contributed by atoms with Crippen molar-refractivity contribution < 1.29 is 4.92 Å². The van der Waals surface area contributed by atoms with Crippen molar-refractivity contribution in [1.82, 2.24) is 4.98 Å². The highest BCUT2D eigenvalue weighted by Gasteiger charge is 2.10. The maximum atomic E-state index is 10.7. The van der Waals surface area contributed by atoms with Gasteiger partial charge in [-0.1, -0.05) is 13.8 Å². The maximum Gasteiger partial charge on any atom is 0.276 e. The molecule has 1 aromatic rings. The molecule has 0 saturated carbocycles. The lowest BCUT2D eigenvalue weighted by Gasteiger charge is -2.09. The molecule has 0 spiro atoms. The second-order valence-electron chi connectivity index (χ2n) is 3.88. The van der Waals surface area contributed by atoms with Gasteiger partial charge in [0.05, 0.1) is 17.1 Å². The van der Waals surface area contributed by atoms with Crippen molar-refractivity contribution in [2.24, 2.45) is 5.92 Å². The Labute approximate surface area is 94.2 Å². The molecular formula is C10H16N4O2. The van der Waals surface area contributed by atoms with Crippen LogP contribution in [0.3, 0.4) is 0 Å². The molecule has 16 heavy (non-hydrogen) atoms. The maximum absolute atomic E-state index is 10.7. The Bertz CT molecular complexity index is 379. The van der Waals surface area contributed by atoms with Crippen LogP contribution < -0.4 is 10.6 Å². The van der Waals surface area contributed by atoms with E-state index in [1.165, 1.54) is 12.1 Å². The van der Waals surface area contributed by atoms with Crippen molar-refractivity contribution in [2.45, 2.75) is 13.8 Å². The Hall–Kier alpha value is -1.85. The van der Waals surface area contributed by atoms with Crippen LogP contribution in [0.2, 0.25) is 0 Å². The first-order valence-corrected chi connectivity index (χ1v) is 5.11. The molecule has 0 aliphatic rings. The number of pyridine rings is 1. The molecule has 0 saturated heterocycles. The average molecular weight is 224 g/mol. The summed E-state index contributed by atoms with van der Waals surface area (Å²) in [6, 6.07) is 2.84. The minimum Gasteiger partial charge on any atom is -0.373 e. The third kappa shape index (κ3) is 3.38. The standard InChI is InChI=1S/C10H16N4O2/c1-7(2)6-12-10-5-8(14(15)16)4-9(11-3)13-10/h4-5,7H,6H2,1-3H3,(H2,11,12,13). The van der Waals surface area contributed by atoms with Crippen LogP contribution in [-0.4, -0.2) is 23.5 Å². The third-order valence-electron chi connectivity index (χ3n) is 1.97. The Morgan fingerprint density at radius 3 is 2.56 bits per heavy atom. The van der Waals surface area contributed by atoms with Gasteiger partial charge in [-0.15, -0.1) is 0 Å². The molecule has 0 aromatic carbocycles. The zero-order chi connectivity index (χ0) is 12.1. The summed E-state index contributed by atoms with van der Waals surface area (Å²) in [6.07, 6.45) is 0. The van der Waals surface area contributed by atoms with E-state index in [9.17, 15) is 10.1 Å². The first-order valence-electron chi connectivity index (χ1n) is 5.11. The van der Waals surface area contributed by atoms with Crippen LogP contribution in [0.5, 0.6) is 0 Å². The Morgan fingerprint density at radius 1 is 1.44 bits per heavy atom. The zero-order valence-electron chi connectivity index (χ0n) is 9.65. The molecule has 1 rings (SSSR count). The van der Waals surface area contributed by atoms with Gasteiger partial charge in [0, 0.05) is 13.6 Å². The number of anilines is 2. The molecular weight excluding hydrogens is 208 g/mol. The first-order chi connectivity index (χ1) is 7.52. The summed E-state index contributed by atoms with van der Waals surface area (Å²) in [6.45, 7) is 4.85. The van der Waals surface area contributed by atoms with Crippen LogP contribution in [0.25, 0.3) is 0 Å². The summed E-state index contributed by atoms with van der Waals surface area (Å²) in [5.74, 6) is 1.46. The molecule has 0 unspecified atom stereocenters. The number of aromatic nitrogens is 1. The number of hydrogen-bond donors (Lipinski definition) is 2. The van der Waals surface area contributed by atoms with E-state index in [1.807, 2.05) is 0 Å². The molecule has 0 bridgehead atoms. The van der Waals surface area contributed by atoms with Crippen molar-refractivity contribution >= 4 is 17.3 Å². The van der Waals surface area contributed by atoms with Crippen LogP contribution in [0.4, 0.5) is 17.3 Å². The van der Waals surface area contributed by atoms with E-state index in [2.05, 4.69) is 29.5 Å². The minimum atomic E-state index is -0.428. The van der Waals surface area contributed by atoms with E-state index >= 15 is 0 Å². The van der Waals surface area contributed by atoms with Gasteiger partial charge in [-0.05, 0) is 5.92 Å². The van der Waals surface area contributed by atoms with Crippen molar-refractivity contribution in [2.75, 3.05) is 24.2 Å². The topological polar surface area (TPSA) is 80.1 Å². The molecule has 88 valence electrons. The quantitative estimate of drug-likeness (QED) is 0.591. The van der Waals surface area contributed by atoms with Crippen LogP contribution in [0.1, 0.15) is 13.8 Å². The molecule has 0 amide bonds. The number of nitro groups is 1. The van der Waals surface area contributed by atoms with E-state index in [1.54, 1.807) is 7.05 Å². The largest absolute Gasteiger partial charge is 0.373 e. The molecule has 2 N–H and O–H groups in total. The molecule has 1 aromatic heterocycles. The normalized spacial score (nSPS) is 10.2. The predicted molar refractivity (Wildman–Crippen MR) is 63.8 cm³/mol. The number of hydrogen-bond acceptors (Lipinski definition) is 5. The Morgan fingerprint density at radius 2 is 2.06 bits per heavy atom. The highest BCUT2D eigenvalue weighted by atomic mass is 16.6. The Balaban J connectivity index is 2.90. The van der Waals surface area contributed by atoms with E-state index in [-0.39, 0.29) is 5.69 Å². The Kier molecular flexibility index (Phi) is 4.04. The van der Waals surface area contributed by atoms with Gasteiger partial charge >= 0.3 is 0 Å². The summed E-state index contributed by atoms with van der Waals surface area (Å²) >= 11 is 0. The first kappa shape index (κ1) is 12.2. The van der Waals surface area contributed by atoms with Crippen LogP contribution in [0.15, 0.2) is 12.1 Å². The molecule has 0 aliphatic carbocycles. The number of nitrogens with one attached hydrogen (secondary N) is 2. The lowest BCUT2D eigenvalue weighted by atomic mass is 10.2. The van der Waals surface area contributed by atoms with E-state index in [4.69, 9.17) is 0 Å². The van der Waals surface area contributed by atoms with Gasteiger partial charge in [0.15, 0.2) is 0 Å². The SMILES string of the molecule is CNc1cc([N+](=O)[O-])cc(NCC(C)C)n1. The lowest BCUT2D eigenvalue weighted by molar-refractivity contribution is -0.384. The summed E-state index contributed by atoms with van der Waals surface area (Å²) in [5.41, 5.74) is 0.0330. The molecule has 6 heteroatoms. The highest BCUT2D eigenvalue weighted by molar-refractivity contribution is 5.54. The lowest BCUT2D eigenvalue weighted by Crippen LogP contribution is -2.10. The monoisotopic (exact) mass is 224 g/mol. The van der Waals surface area contributed by atoms with Crippen molar-refractivity contribution in [1.29, 1.82) is 0 Å². The van der Waals surface area contributed by atoms with Gasteiger partial charge in [-0.2, -0.15) is 0 Å². The number of nitrogens with zero attached hydrogens (tertiary/aromatic N) is 2. The highest BCUT2D eigenvalue weighted by Crippen LogP contribution is 2.20. The van der Waals surface area contributed by atoms with Gasteiger partial charge in [-0.25, -0.2) is 4.98 Å². The molecule has 0 aliphatic heterocycles. The second kappa shape index (κ2) is 5.29. The van der Waals surface area contributed by atoms with Crippen molar-refractivity contribution in [3.63, 3.8) is 0 Å². The third-order valence-corrected chi connectivity index (χ3v) is 1.97. The smallest absolute Gasteiger partial charge is 0.276 e. The van der Waals surface area contributed by atoms with Gasteiger partial charge in [-0.3, -0.25) is 10.1 Å². The minimum absolute atomic E-state index is 0.0330. The van der Waals surface area contributed by atoms with Crippen LogP contribution >= 0.6 is 0 Å². The molecule has 0 atom stereocenters. The van der Waals surface area contributed by atoms with E-state index < -0.39 is 4.92 Å². The van der Waals surface area contributed by atoms with Crippen LogP contribution in [0, 0.1) is 16.0 Å². The second-order valence-corrected chi connectivity index (χ2v) is 3.88. The van der Waals surface area contributed by atoms with Crippen molar-refractivity contribution in [3.8, 4) is 0 Å². The molecule has 0 radical (unpaired) electrons. The summed E-state index contributed by atoms with van der Waals surface area (Å²) in [5, 5.41) is 16.5. The molecule has 1 heterocycles. The fourth-order valence-corrected chi connectivity index (χ4v) is 1.15. The van der Waals surface area contributed by atoms with Gasteiger partial charge in [0.2, 0.25) is 0 Å². The summed E-state index contributed by atoms with van der Waals surface area (Å²) in [4.78, 5) is 14.4. The fourth-order valence-electron chi connectivity index (χ4n) is 1.15.